The summed E-state index contributed by atoms with van der Waals surface area (Å²) in [6.07, 6.45) is 3.02. The summed E-state index contributed by atoms with van der Waals surface area (Å²) in [5.74, 6) is 0. The molecule has 0 spiro atoms. The average molecular weight is 277 g/mol. The van der Waals surface area contributed by atoms with Crippen LogP contribution in [0.25, 0.3) is 10.2 Å². The van der Waals surface area contributed by atoms with Crippen molar-refractivity contribution in [3.8, 4) is 0 Å². The molecular formula is C14H19N3OS. The predicted molar refractivity (Wildman–Crippen MR) is 80.0 cm³/mol. The number of anilines is 1. The predicted octanol–water partition coefficient (Wildman–Crippen LogP) is 2.43. The van der Waals surface area contributed by atoms with Gasteiger partial charge in [0.25, 0.3) is 0 Å². The summed E-state index contributed by atoms with van der Waals surface area (Å²) in [6.45, 7) is 6.00. The van der Waals surface area contributed by atoms with Crippen molar-refractivity contribution in [2.75, 3.05) is 44.7 Å². The molecule has 5 heteroatoms. The minimum Gasteiger partial charge on any atom is -0.383 e. The molecule has 1 N–H and O–H groups in total. The molecule has 2 aromatic heterocycles. The van der Waals surface area contributed by atoms with E-state index in [-0.39, 0.29) is 0 Å². The van der Waals surface area contributed by atoms with E-state index < -0.39 is 0 Å². The van der Waals surface area contributed by atoms with Crippen LogP contribution in [0.3, 0.4) is 0 Å². The molecule has 0 saturated carbocycles. The van der Waals surface area contributed by atoms with E-state index in [0.717, 1.165) is 51.3 Å². The lowest BCUT2D eigenvalue weighted by Gasteiger charge is -2.19. The van der Waals surface area contributed by atoms with Gasteiger partial charge in [-0.25, -0.2) is 0 Å². The minimum absolute atomic E-state index is 0.866. The highest BCUT2D eigenvalue weighted by atomic mass is 32.1. The molecule has 0 unspecified atom stereocenters. The Labute approximate surface area is 117 Å². The van der Waals surface area contributed by atoms with Crippen molar-refractivity contribution in [2.24, 2.45) is 0 Å². The first-order valence-corrected chi connectivity index (χ1v) is 7.67. The second-order valence-corrected chi connectivity index (χ2v) is 5.64. The lowest BCUT2D eigenvalue weighted by Crippen LogP contribution is -2.31. The molecule has 3 heterocycles. The Bertz CT molecular complexity index is 520. The van der Waals surface area contributed by atoms with Crippen LogP contribution in [0, 0.1) is 0 Å². The molecule has 1 fully saturated rings. The SMILES string of the molecule is c1cc(NCCN2CCCOCC2)c2sccc2n1. The van der Waals surface area contributed by atoms with Crippen molar-refractivity contribution in [3.05, 3.63) is 23.7 Å². The van der Waals surface area contributed by atoms with Crippen molar-refractivity contribution >= 4 is 27.2 Å². The molecule has 0 aliphatic carbocycles. The summed E-state index contributed by atoms with van der Waals surface area (Å²) in [5.41, 5.74) is 2.28. The third kappa shape index (κ3) is 3.23. The first-order chi connectivity index (χ1) is 9.43. The van der Waals surface area contributed by atoms with E-state index in [1.165, 1.54) is 10.4 Å². The van der Waals surface area contributed by atoms with Crippen LogP contribution in [-0.4, -0.2) is 49.3 Å². The lowest BCUT2D eigenvalue weighted by molar-refractivity contribution is 0.142. The van der Waals surface area contributed by atoms with Gasteiger partial charge in [-0.1, -0.05) is 0 Å². The summed E-state index contributed by atoms with van der Waals surface area (Å²) in [6, 6.07) is 4.13. The molecule has 2 aromatic rings. The number of ether oxygens (including phenoxy) is 1. The Morgan fingerprint density at radius 1 is 1.32 bits per heavy atom. The number of hydrogen-bond acceptors (Lipinski definition) is 5. The number of aromatic nitrogens is 1. The zero-order valence-electron chi connectivity index (χ0n) is 11.0. The zero-order chi connectivity index (χ0) is 12.9. The number of thiophene rings is 1. The Morgan fingerprint density at radius 2 is 2.32 bits per heavy atom. The average Bonchev–Trinajstić information content (AvgIpc) is 2.77. The number of nitrogens with one attached hydrogen (secondary N) is 1. The highest BCUT2D eigenvalue weighted by Crippen LogP contribution is 2.26. The maximum Gasteiger partial charge on any atom is 0.0830 e. The lowest BCUT2D eigenvalue weighted by atomic mass is 10.3. The quantitative estimate of drug-likeness (QED) is 0.931. The van der Waals surface area contributed by atoms with Crippen LogP contribution >= 0.6 is 11.3 Å². The second kappa shape index (κ2) is 6.32. The Morgan fingerprint density at radius 3 is 3.32 bits per heavy atom. The van der Waals surface area contributed by atoms with Crippen molar-refractivity contribution in [1.29, 1.82) is 0 Å². The van der Waals surface area contributed by atoms with Gasteiger partial charge in [-0.15, -0.1) is 11.3 Å². The second-order valence-electron chi connectivity index (χ2n) is 4.73. The standard InChI is InChI=1S/C14H19N3OS/c1-6-17(8-10-18-9-1)7-5-16-12-2-4-15-13-3-11-19-14(12)13/h2-4,11H,1,5-10H2,(H,15,16). The Balaban J connectivity index is 1.55. The Hall–Kier alpha value is -1.17. The summed E-state index contributed by atoms with van der Waals surface area (Å²) in [7, 11) is 0. The molecule has 0 amide bonds. The van der Waals surface area contributed by atoms with Crippen molar-refractivity contribution in [3.63, 3.8) is 0 Å². The number of fused-ring (bicyclic) bond motifs is 1. The van der Waals surface area contributed by atoms with Crippen LogP contribution in [-0.2, 0) is 4.74 Å². The van der Waals surface area contributed by atoms with Crippen molar-refractivity contribution < 1.29 is 4.74 Å². The smallest absolute Gasteiger partial charge is 0.0830 e. The van der Waals surface area contributed by atoms with Crippen LogP contribution < -0.4 is 5.32 Å². The molecule has 1 aliphatic heterocycles. The molecule has 4 nitrogen and oxygen atoms in total. The Kier molecular flexibility index (Phi) is 4.27. The van der Waals surface area contributed by atoms with Crippen molar-refractivity contribution in [1.82, 2.24) is 9.88 Å². The van der Waals surface area contributed by atoms with Gasteiger partial charge < -0.3 is 10.1 Å². The fourth-order valence-corrected chi connectivity index (χ4v) is 3.22. The fourth-order valence-electron chi connectivity index (χ4n) is 2.38. The van der Waals surface area contributed by atoms with Gasteiger partial charge in [0.2, 0.25) is 0 Å². The molecule has 1 saturated heterocycles. The van der Waals surface area contributed by atoms with Crippen molar-refractivity contribution in [2.45, 2.75) is 6.42 Å². The molecule has 0 radical (unpaired) electrons. The summed E-state index contributed by atoms with van der Waals surface area (Å²) in [4.78, 5) is 6.82. The van der Waals surface area contributed by atoms with Crippen LogP contribution in [0.4, 0.5) is 5.69 Å². The molecule has 19 heavy (non-hydrogen) atoms. The van der Waals surface area contributed by atoms with Gasteiger partial charge in [-0.05, 0) is 23.9 Å². The van der Waals surface area contributed by atoms with E-state index >= 15 is 0 Å². The number of pyridine rings is 1. The first kappa shape index (κ1) is 12.8. The molecule has 102 valence electrons. The van der Waals surface area contributed by atoms with Crippen LogP contribution in [0.2, 0.25) is 0 Å². The first-order valence-electron chi connectivity index (χ1n) is 6.80. The van der Waals surface area contributed by atoms with E-state index in [1.807, 2.05) is 6.20 Å². The highest BCUT2D eigenvalue weighted by molar-refractivity contribution is 7.17. The molecule has 0 aromatic carbocycles. The highest BCUT2D eigenvalue weighted by Gasteiger charge is 2.09. The molecule has 1 aliphatic rings. The maximum absolute atomic E-state index is 5.47. The van der Waals surface area contributed by atoms with E-state index in [2.05, 4.69) is 32.7 Å². The van der Waals surface area contributed by atoms with Gasteiger partial charge >= 0.3 is 0 Å². The zero-order valence-corrected chi connectivity index (χ0v) is 11.8. The van der Waals surface area contributed by atoms with Gasteiger partial charge in [0.05, 0.1) is 22.5 Å². The topological polar surface area (TPSA) is 37.4 Å². The molecule has 3 rings (SSSR count). The van der Waals surface area contributed by atoms with E-state index in [4.69, 9.17) is 4.74 Å². The van der Waals surface area contributed by atoms with Gasteiger partial charge in [0.15, 0.2) is 0 Å². The van der Waals surface area contributed by atoms with Crippen LogP contribution in [0.5, 0.6) is 0 Å². The molecule has 0 atom stereocenters. The van der Waals surface area contributed by atoms with Gasteiger partial charge in [0, 0.05) is 39.0 Å². The monoisotopic (exact) mass is 277 g/mol. The van der Waals surface area contributed by atoms with Crippen LogP contribution in [0.1, 0.15) is 6.42 Å². The summed E-state index contributed by atoms with van der Waals surface area (Å²) < 4.78 is 6.72. The number of hydrogen-bond donors (Lipinski definition) is 1. The van der Waals surface area contributed by atoms with Gasteiger partial charge in [-0.2, -0.15) is 0 Å². The van der Waals surface area contributed by atoms with Gasteiger partial charge in [0.1, 0.15) is 0 Å². The summed E-state index contributed by atoms with van der Waals surface area (Å²) >= 11 is 1.74. The number of nitrogens with zero attached hydrogens (tertiary/aromatic N) is 2. The molecular weight excluding hydrogens is 258 g/mol. The van der Waals surface area contributed by atoms with Gasteiger partial charge in [-0.3, -0.25) is 9.88 Å². The van der Waals surface area contributed by atoms with E-state index in [0.29, 0.717) is 0 Å². The largest absolute Gasteiger partial charge is 0.383 e. The maximum atomic E-state index is 5.47. The normalized spacial score (nSPS) is 17.5. The minimum atomic E-state index is 0.866. The molecule has 0 bridgehead atoms. The summed E-state index contributed by atoms with van der Waals surface area (Å²) in [5, 5.41) is 5.62. The van der Waals surface area contributed by atoms with E-state index in [1.54, 1.807) is 11.3 Å². The number of rotatable bonds is 4. The third-order valence-electron chi connectivity index (χ3n) is 3.40. The van der Waals surface area contributed by atoms with E-state index in [9.17, 15) is 0 Å². The third-order valence-corrected chi connectivity index (χ3v) is 4.34. The van der Waals surface area contributed by atoms with Crippen LogP contribution in [0.15, 0.2) is 23.7 Å². The fraction of sp³-hybridized carbons (Fsp3) is 0.500.